The third kappa shape index (κ3) is 3.77. The van der Waals surface area contributed by atoms with Gasteiger partial charge in [0.05, 0.1) is 11.7 Å². The summed E-state index contributed by atoms with van der Waals surface area (Å²) < 4.78 is 43.8. The van der Waals surface area contributed by atoms with Gasteiger partial charge in [-0.2, -0.15) is 13.2 Å². The first-order valence-corrected chi connectivity index (χ1v) is 9.43. The van der Waals surface area contributed by atoms with Crippen LogP contribution in [0.2, 0.25) is 0 Å². The van der Waals surface area contributed by atoms with Crippen molar-refractivity contribution in [2.24, 2.45) is 0 Å². The Bertz CT molecular complexity index is 968. The van der Waals surface area contributed by atoms with Gasteiger partial charge in [0.15, 0.2) is 5.82 Å². The first kappa shape index (κ1) is 20.0. The molecule has 158 valence electrons. The maximum atomic E-state index is 12.9. The Balaban J connectivity index is 1.63. The minimum atomic E-state index is -4.57. The molecule has 2 amide bonds. The number of fused-ring (bicyclic) bond motifs is 4. The maximum absolute atomic E-state index is 12.9. The molecule has 2 atom stereocenters. The SMILES string of the molecule is CC(NC(=O)c1ccc2c(n1)N(C(=O)Oc1ccccc1)[C@H]1CCN2C1)C(F)(F)F. The van der Waals surface area contributed by atoms with Gasteiger partial charge >= 0.3 is 12.3 Å². The third-order valence-electron chi connectivity index (χ3n) is 5.17. The minimum absolute atomic E-state index is 0.200. The number of benzene rings is 1. The van der Waals surface area contributed by atoms with E-state index in [-0.39, 0.29) is 17.6 Å². The maximum Gasteiger partial charge on any atom is 0.421 e. The Kier molecular flexibility index (Phi) is 5.00. The molecule has 2 bridgehead atoms. The number of nitrogens with zero attached hydrogens (tertiary/aromatic N) is 3. The molecular weight excluding hydrogens is 401 g/mol. The van der Waals surface area contributed by atoms with Crippen LogP contribution in [0.5, 0.6) is 5.75 Å². The predicted octanol–water partition coefficient (Wildman–Crippen LogP) is 3.36. The van der Waals surface area contributed by atoms with Crippen LogP contribution < -0.4 is 19.9 Å². The van der Waals surface area contributed by atoms with E-state index in [0.717, 1.165) is 6.92 Å². The van der Waals surface area contributed by atoms with Crippen molar-refractivity contribution in [2.75, 3.05) is 22.9 Å². The fourth-order valence-electron chi connectivity index (χ4n) is 3.56. The van der Waals surface area contributed by atoms with Crippen molar-refractivity contribution < 1.29 is 27.5 Å². The van der Waals surface area contributed by atoms with Crippen LogP contribution in [0.25, 0.3) is 0 Å². The van der Waals surface area contributed by atoms with E-state index in [9.17, 15) is 22.8 Å². The van der Waals surface area contributed by atoms with Crippen LogP contribution in [-0.2, 0) is 0 Å². The van der Waals surface area contributed by atoms with Crippen LogP contribution in [0.15, 0.2) is 42.5 Å². The summed E-state index contributed by atoms with van der Waals surface area (Å²) >= 11 is 0. The number of pyridine rings is 1. The van der Waals surface area contributed by atoms with Gasteiger partial charge in [-0.05, 0) is 37.6 Å². The summed E-state index contributed by atoms with van der Waals surface area (Å²) in [4.78, 5) is 32.9. The number of hydrogen-bond acceptors (Lipinski definition) is 5. The summed E-state index contributed by atoms with van der Waals surface area (Å²) in [5.74, 6) is -0.402. The van der Waals surface area contributed by atoms with Gasteiger partial charge in [0.1, 0.15) is 17.5 Å². The van der Waals surface area contributed by atoms with E-state index in [2.05, 4.69) is 4.98 Å². The highest BCUT2D eigenvalue weighted by Crippen LogP contribution is 2.39. The van der Waals surface area contributed by atoms with E-state index in [4.69, 9.17) is 4.74 Å². The van der Waals surface area contributed by atoms with E-state index < -0.39 is 24.2 Å². The molecule has 0 saturated carbocycles. The Hall–Kier alpha value is -3.30. The van der Waals surface area contributed by atoms with Crippen molar-refractivity contribution >= 4 is 23.5 Å². The van der Waals surface area contributed by atoms with Gasteiger partial charge in [0.2, 0.25) is 0 Å². The number of aromatic nitrogens is 1. The molecule has 0 radical (unpaired) electrons. The summed E-state index contributed by atoms with van der Waals surface area (Å²) in [6.45, 7) is 2.14. The molecular formula is C20H19F3N4O3. The molecule has 1 fully saturated rings. The molecule has 1 aromatic carbocycles. The molecule has 0 aliphatic carbocycles. The van der Waals surface area contributed by atoms with Crippen LogP contribution in [0, 0.1) is 0 Å². The third-order valence-corrected chi connectivity index (χ3v) is 5.17. The summed E-state index contributed by atoms with van der Waals surface area (Å²) in [5, 5.41) is 1.89. The molecule has 1 saturated heterocycles. The number of ether oxygens (including phenoxy) is 1. The van der Waals surface area contributed by atoms with Crippen LogP contribution in [0.4, 0.5) is 29.5 Å². The number of amides is 2. The van der Waals surface area contributed by atoms with Gasteiger partial charge in [0, 0.05) is 13.1 Å². The Morgan fingerprint density at radius 2 is 1.93 bits per heavy atom. The van der Waals surface area contributed by atoms with Crippen LogP contribution >= 0.6 is 0 Å². The Labute approximate surface area is 170 Å². The van der Waals surface area contributed by atoms with E-state index >= 15 is 0 Å². The summed E-state index contributed by atoms with van der Waals surface area (Å²) in [6, 6.07) is 9.25. The van der Waals surface area contributed by atoms with Crippen LogP contribution in [0.1, 0.15) is 23.8 Å². The highest BCUT2D eigenvalue weighted by Gasteiger charge is 2.42. The van der Waals surface area contributed by atoms with Crippen molar-refractivity contribution in [3.63, 3.8) is 0 Å². The quantitative estimate of drug-likeness (QED) is 0.824. The van der Waals surface area contributed by atoms with Crippen molar-refractivity contribution in [3.8, 4) is 5.75 Å². The molecule has 2 aromatic rings. The zero-order chi connectivity index (χ0) is 21.5. The number of alkyl halides is 3. The lowest BCUT2D eigenvalue weighted by molar-refractivity contribution is -0.149. The van der Waals surface area contributed by atoms with E-state index in [1.807, 2.05) is 10.2 Å². The summed E-state index contributed by atoms with van der Waals surface area (Å²) in [6.07, 6.45) is -4.53. The largest absolute Gasteiger partial charge is 0.421 e. The second-order valence-corrected chi connectivity index (χ2v) is 7.22. The number of carbonyl (C=O) groups is 2. The second kappa shape index (κ2) is 7.51. The zero-order valence-electron chi connectivity index (χ0n) is 16.0. The molecule has 7 nitrogen and oxygen atoms in total. The molecule has 1 N–H and O–H groups in total. The van der Waals surface area contributed by atoms with Crippen LogP contribution in [-0.4, -0.2) is 48.3 Å². The van der Waals surface area contributed by atoms with Crippen LogP contribution in [0.3, 0.4) is 0 Å². The van der Waals surface area contributed by atoms with Gasteiger partial charge in [-0.25, -0.2) is 9.78 Å². The number of hydrogen-bond donors (Lipinski definition) is 1. The highest BCUT2D eigenvalue weighted by atomic mass is 19.4. The first-order valence-electron chi connectivity index (χ1n) is 9.43. The molecule has 10 heteroatoms. The van der Waals surface area contributed by atoms with Crippen molar-refractivity contribution in [1.29, 1.82) is 0 Å². The standard InChI is InChI=1S/C20H19F3N4O3/c1-12(20(21,22)23)24-18(28)15-7-8-16-17(25-15)27(13-9-10-26(16)11-13)19(29)30-14-5-3-2-4-6-14/h2-8,12-13H,9-11H2,1H3,(H,24,28)/t12?,13-/m0/s1. The van der Waals surface area contributed by atoms with Gasteiger partial charge in [0.25, 0.3) is 5.91 Å². The van der Waals surface area contributed by atoms with Gasteiger partial charge in [-0.15, -0.1) is 0 Å². The molecule has 4 rings (SSSR count). The smallest absolute Gasteiger partial charge is 0.410 e. The van der Waals surface area contributed by atoms with Gasteiger partial charge < -0.3 is 15.0 Å². The molecule has 1 aromatic heterocycles. The number of para-hydroxylation sites is 1. The fourth-order valence-corrected chi connectivity index (χ4v) is 3.56. The average Bonchev–Trinajstić information content (AvgIpc) is 3.12. The predicted molar refractivity (Wildman–Crippen MR) is 103 cm³/mol. The van der Waals surface area contributed by atoms with Crippen molar-refractivity contribution in [2.45, 2.75) is 31.6 Å². The number of nitrogens with one attached hydrogen (secondary N) is 1. The monoisotopic (exact) mass is 420 g/mol. The lowest BCUT2D eigenvalue weighted by atomic mass is 10.1. The fraction of sp³-hybridized carbons (Fsp3) is 0.350. The zero-order valence-corrected chi connectivity index (χ0v) is 16.0. The number of rotatable bonds is 3. The lowest BCUT2D eigenvalue weighted by Gasteiger charge is -2.35. The molecule has 2 aliphatic rings. The normalized spacial score (nSPS) is 18.6. The minimum Gasteiger partial charge on any atom is -0.410 e. The molecule has 30 heavy (non-hydrogen) atoms. The summed E-state index contributed by atoms with van der Waals surface area (Å²) in [7, 11) is 0. The Morgan fingerprint density at radius 1 is 1.20 bits per heavy atom. The Morgan fingerprint density at radius 3 is 2.63 bits per heavy atom. The van der Waals surface area contributed by atoms with Gasteiger partial charge in [-0.1, -0.05) is 18.2 Å². The molecule has 3 heterocycles. The first-order chi connectivity index (χ1) is 14.2. The molecule has 0 spiro atoms. The molecule has 2 aliphatic heterocycles. The molecule has 1 unspecified atom stereocenters. The number of halogens is 3. The van der Waals surface area contributed by atoms with E-state index in [1.165, 1.54) is 11.0 Å². The summed E-state index contributed by atoms with van der Waals surface area (Å²) in [5.41, 5.74) is 0.430. The van der Waals surface area contributed by atoms with Crippen molar-refractivity contribution in [3.05, 3.63) is 48.2 Å². The highest BCUT2D eigenvalue weighted by molar-refractivity contribution is 5.98. The average molecular weight is 420 g/mol. The second-order valence-electron chi connectivity index (χ2n) is 7.22. The topological polar surface area (TPSA) is 74.8 Å². The lowest BCUT2D eigenvalue weighted by Crippen LogP contribution is -2.48. The van der Waals surface area contributed by atoms with E-state index in [1.54, 1.807) is 36.4 Å². The number of carbonyl (C=O) groups excluding carboxylic acids is 2. The van der Waals surface area contributed by atoms with E-state index in [0.29, 0.717) is 30.9 Å². The number of anilines is 2. The van der Waals surface area contributed by atoms with Gasteiger partial charge in [-0.3, -0.25) is 9.69 Å². The van der Waals surface area contributed by atoms with Crippen molar-refractivity contribution in [1.82, 2.24) is 10.3 Å².